The number of aliphatic imine (C=N–C) groups is 1. The summed E-state index contributed by atoms with van der Waals surface area (Å²) in [6.07, 6.45) is 3.77. The van der Waals surface area contributed by atoms with Crippen molar-refractivity contribution >= 4 is 16.0 Å². The first-order valence-corrected chi connectivity index (χ1v) is 12.7. The molecular formula is C20H41N5O3S. The van der Waals surface area contributed by atoms with Crippen LogP contribution in [0.3, 0.4) is 0 Å². The summed E-state index contributed by atoms with van der Waals surface area (Å²) < 4.78 is 31.9. The first-order chi connectivity index (χ1) is 13.8. The number of hydrogen-bond acceptors (Lipinski definition) is 5. The average Bonchev–Trinajstić information content (AvgIpc) is 2.69. The van der Waals surface area contributed by atoms with Crippen LogP contribution in [-0.4, -0.2) is 106 Å². The van der Waals surface area contributed by atoms with E-state index in [0.29, 0.717) is 26.2 Å². The normalized spacial score (nSPS) is 21.1. The third-order valence-corrected chi connectivity index (χ3v) is 7.58. The molecule has 0 atom stereocenters. The molecule has 0 aromatic heterocycles. The molecule has 0 aromatic carbocycles. The number of hydrogen-bond donors (Lipinski definition) is 1. The standard InChI is InChI=1S/C20H41N5O3S/c1-18(2)28-16-17-29(26,27)25-14-12-24(13-15-25)20(21-4)22-8-5-9-23-10-6-19(3)7-11-23/h18-19H,5-17H2,1-4H3,(H,21,22). The molecule has 9 heteroatoms. The molecule has 2 fully saturated rings. The molecule has 2 rings (SSSR count). The molecule has 2 saturated heterocycles. The van der Waals surface area contributed by atoms with Gasteiger partial charge in [-0.25, -0.2) is 8.42 Å². The van der Waals surface area contributed by atoms with E-state index < -0.39 is 10.0 Å². The zero-order valence-electron chi connectivity index (χ0n) is 18.8. The summed E-state index contributed by atoms with van der Waals surface area (Å²) >= 11 is 0. The van der Waals surface area contributed by atoms with E-state index in [9.17, 15) is 8.42 Å². The lowest BCUT2D eigenvalue weighted by atomic mass is 9.99. The van der Waals surface area contributed by atoms with E-state index in [1.807, 2.05) is 13.8 Å². The highest BCUT2D eigenvalue weighted by Gasteiger charge is 2.28. The van der Waals surface area contributed by atoms with Crippen LogP contribution in [0.5, 0.6) is 0 Å². The number of guanidine groups is 1. The molecule has 8 nitrogen and oxygen atoms in total. The average molecular weight is 432 g/mol. The molecule has 0 aromatic rings. The van der Waals surface area contributed by atoms with E-state index in [-0.39, 0.29) is 18.5 Å². The summed E-state index contributed by atoms with van der Waals surface area (Å²) in [4.78, 5) is 9.10. The Labute approximate surface area is 177 Å². The SMILES string of the molecule is CN=C(NCCCN1CCC(C)CC1)N1CCN(S(=O)(=O)CCOC(C)C)CC1. The Morgan fingerprint density at radius 1 is 1.14 bits per heavy atom. The fourth-order valence-corrected chi connectivity index (χ4v) is 5.10. The predicted molar refractivity (Wildman–Crippen MR) is 119 cm³/mol. The van der Waals surface area contributed by atoms with Crippen LogP contribution in [0.4, 0.5) is 0 Å². The van der Waals surface area contributed by atoms with Crippen molar-refractivity contribution in [2.75, 3.05) is 71.8 Å². The Balaban J connectivity index is 1.67. The van der Waals surface area contributed by atoms with Crippen molar-refractivity contribution < 1.29 is 13.2 Å². The maximum atomic E-state index is 12.5. The highest BCUT2D eigenvalue weighted by atomic mass is 32.2. The van der Waals surface area contributed by atoms with Gasteiger partial charge >= 0.3 is 0 Å². The van der Waals surface area contributed by atoms with Crippen molar-refractivity contribution in [1.29, 1.82) is 0 Å². The van der Waals surface area contributed by atoms with Crippen molar-refractivity contribution in [2.45, 2.75) is 46.1 Å². The van der Waals surface area contributed by atoms with Gasteiger partial charge in [0.2, 0.25) is 10.0 Å². The van der Waals surface area contributed by atoms with Gasteiger partial charge in [0, 0.05) is 39.8 Å². The summed E-state index contributed by atoms with van der Waals surface area (Å²) in [6.45, 7) is 13.2. The van der Waals surface area contributed by atoms with Gasteiger partial charge in [-0.15, -0.1) is 0 Å². The molecule has 0 amide bonds. The van der Waals surface area contributed by atoms with Crippen molar-refractivity contribution in [3.8, 4) is 0 Å². The number of nitrogens with zero attached hydrogens (tertiary/aromatic N) is 4. The monoisotopic (exact) mass is 431 g/mol. The molecule has 0 radical (unpaired) electrons. The van der Waals surface area contributed by atoms with E-state index in [4.69, 9.17) is 4.74 Å². The number of rotatable bonds is 9. The van der Waals surface area contributed by atoms with Crippen molar-refractivity contribution in [3.05, 3.63) is 0 Å². The fraction of sp³-hybridized carbons (Fsp3) is 0.950. The lowest BCUT2D eigenvalue weighted by molar-refractivity contribution is 0.0904. The lowest BCUT2D eigenvalue weighted by Gasteiger charge is -2.36. The molecule has 0 saturated carbocycles. The number of likely N-dealkylation sites (tertiary alicyclic amines) is 1. The first kappa shape index (κ1) is 24.4. The minimum atomic E-state index is -3.26. The van der Waals surface area contributed by atoms with Gasteiger partial charge in [-0.1, -0.05) is 6.92 Å². The Hall–Kier alpha value is -0.900. The van der Waals surface area contributed by atoms with Gasteiger partial charge in [-0.3, -0.25) is 4.99 Å². The van der Waals surface area contributed by atoms with Crippen LogP contribution in [0.2, 0.25) is 0 Å². The number of piperazine rings is 1. The summed E-state index contributed by atoms with van der Waals surface area (Å²) in [6, 6.07) is 0. The van der Waals surface area contributed by atoms with E-state index in [1.54, 1.807) is 11.4 Å². The minimum absolute atomic E-state index is 0.0490. The van der Waals surface area contributed by atoms with Crippen LogP contribution in [0.15, 0.2) is 4.99 Å². The van der Waals surface area contributed by atoms with Gasteiger partial charge in [-0.2, -0.15) is 4.31 Å². The summed E-state index contributed by atoms with van der Waals surface area (Å²) in [5.41, 5.74) is 0. The van der Waals surface area contributed by atoms with Crippen LogP contribution < -0.4 is 5.32 Å². The van der Waals surface area contributed by atoms with Crippen molar-refractivity contribution in [2.24, 2.45) is 10.9 Å². The van der Waals surface area contributed by atoms with Crippen LogP contribution in [0.1, 0.15) is 40.0 Å². The second-order valence-corrected chi connectivity index (χ2v) is 10.6. The van der Waals surface area contributed by atoms with Gasteiger partial charge in [0.1, 0.15) is 0 Å². The molecule has 0 unspecified atom stereocenters. The maximum absolute atomic E-state index is 12.5. The molecule has 0 bridgehead atoms. The number of ether oxygens (including phenoxy) is 1. The lowest BCUT2D eigenvalue weighted by Crippen LogP contribution is -2.54. The summed E-state index contributed by atoms with van der Waals surface area (Å²) in [5, 5.41) is 3.45. The second kappa shape index (κ2) is 12.1. The Morgan fingerprint density at radius 2 is 1.79 bits per heavy atom. The Bertz CT molecular complexity index is 595. The molecule has 2 aliphatic rings. The third kappa shape index (κ3) is 8.39. The largest absolute Gasteiger partial charge is 0.378 e. The molecule has 2 heterocycles. The molecule has 0 aliphatic carbocycles. The molecule has 2 aliphatic heterocycles. The van der Waals surface area contributed by atoms with Gasteiger partial charge in [0.05, 0.1) is 18.5 Å². The summed E-state index contributed by atoms with van der Waals surface area (Å²) in [7, 11) is -1.46. The van der Waals surface area contributed by atoms with Crippen LogP contribution in [0.25, 0.3) is 0 Å². The Kier molecular flexibility index (Phi) is 10.1. The molecule has 1 N–H and O–H groups in total. The van der Waals surface area contributed by atoms with Crippen LogP contribution in [-0.2, 0) is 14.8 Å². The topological polar surface area (TPSA) is 77.5 Å². The zero-order valence-corrected chi connectivity index (χ0v) is 19.6. The van der Waals surface area contributed by atoms with Gasteiger partial charge in [0.25, 0.3) is 0 Å². The smallest absolute Gasteiger partial charge is 0.216 e. The highest BCUT2D eigenvalue weighted by Crippen LogP contribution is 2.15. The van der Waals surface area contributed by atoms with E-state index in [1.165, 1.54) is 25.9 Å². The molecular weight excluding hydrogens is 390 g/mol. The zero-order chi connectivity index (χ0) is 21.3. The maximum Gasteiger partial charge on any atom is 0.216 e. The Morgan fingerprint density at radius 3 is 2.38 bits per heavy atom. The fourth-order valence-electron chi connectivity index (χ4n) is 3.82. The minimum Gasteiger partial charge on any atom is -0.378 e. The molecule has 170 valence electrons. The van der Waals surface area contributed by atoms with E-state index in [2.05, 4.69) is 27.0 Å². The number of piperidine rings is 1. The first-order valence-electron chi connectivity index (χ1n) is 11.1. The van der Waals surface area contributed by atoms with Crippen molar-refractivity contribution in [1.82, 2.24) is 19.4 Å². The van der Waals surface area contributed by atoms with Crippen molar-refractivity contribution in [3.63, 3.8) is 0 Å². The van der Waals surface area contributed by atoms with Crippen LogP contribution >= 0.6 is 0 Å². The molecule has 29 heavy (non-hydrogen) atoms. The quantitative estimate of drug-likeness (QED) is 0.334. The van der Waals surface area contributed by atoms with Gasteiger partial charge in [-0.05, 0) is 58.7 Å². The van der Waals surface area contributed by atoms with Gasteiger partial charge < -0.3 is 19.9 Å². The van der Waals surface area contributed by atoms with E-state index >= 15 is 0 Å². The highest BCUT2D eigenvalue weighted by molar-refractivity contribution is 7.89. The van der Waals surface area contributed by atoms with Gasteiger partial charge in [0.15, 0.2) is 5.96 Å². The second-order valence-electron chi connectivity index (χ2n) is 8.47. The summed E-state index contributed by atoms with van der Waals surface area (Å²) in [5.74, 6) is 1.79. The number of sulfonamides is 1. The van der Waals surface area contributed by atoms with Crippen LogP contribution in [0, 0.1) is 5.92 Å². The van der Waals surface area contributed by atoms with E-state index in [0.717, 1.165) is 31.4 Å². The molecule has 0 spiro atoms. The predicted octanol–water partition coefficient (Wildman–Crippen LogP) is 1.06. The number of nitrogens with one attached hydrogen (secondary N) is 1. The third-order valence-electron chi connectivity index (χ3n) is 5.75.